The van der Waals surface area contributed by atoms with Crippen molar-refractivity contribution < 1.29 is 24.3 Å². The number of nitrogens with one attached hydrogen (secondary N) is 1. The van der Waals surface area contributed by atoms with Crippen LogP contribution < -0.4 is 5.32 Å². The van der Waals surface area contributed by atoms with Crippen molar-refractivity contribution in [2.75, 3.05) is 0 Å². The van der Waals surface area contributed by atoms with Crippen LogP contribution in [0.4, 0.5) is 0 Å². The Morgan fingerprint density at radius 3 is 2.39 bits per heavy atom. The van der Waals surface area contributed by atoms with Gasteiger partial charge < -0.3 is 20.1 Å². The molecule has 174 valence electrons. The summed E-state index contributed by atoms with van der Waals surface area (Å²) >= 11 is 6.24. The van der Waals surface area contributed by atoms with Gasteiger partial charge in [0.2, 0.25) is 5.76 Å². The molecule has 0 aliphatic heterocycles. The number of hydrogen-bond donors (Lipinski definition) is 3. The molecule has 7 nitrogen and oxygen atoms in total. The van der Waals surface area contributed by atoms with Crippen LogP contribution in [0.15, 0.2) is 59.1 Å². The topological polar surface area (TPSA) is 113 Å². The van der Waals surface area contributed by atoms with Crippen LogP contribution in [-0.4, -0.2) is 33.3 Å². The molecule has 0 aliphatic carbocycles. The van der Waals surface area contributed by atoms with Crippen molar-refractivity contribution in [2.45, 2.75) is 45.3 Å². The number of carboxylic acids is 1. The van der Waals surface area contributed by atoms with E-state index in [1.807, 2.05) is 32.0 Å². The van der Waals surface area contributed by atoms with Crippen molar-refractivity contribution >= 4 is 23.5 Å². The van der Waals surface area contributed by atoms with Gasteiger partial charge in [0.25, 0.3) is 5.91 Å². The van der Waals surface area contributed by atoms with Gasteiger partial charge in [-0.1, -0.05) is 73.1 Å². The van der Waals surface area contributed by atoms with Crippen LogP contribution in [0, 0.1) is 5.92 Å². The summed E-state index contributed by atoms with van der Waals surface area (Å²) in [5, 5.41) is 27.9. The molecule has 2 aromatic carbocycles. The van der Waals surface area contributed by atoms with E-state index in [9.17, 15) is 19.8 Å². The highest BCUT2D eigenvalue weighted by molar-refractivity contribution is 6.33. The first-order valence-electron chi connectivity index (χ1n) is 10.7. The first kappa shape index (κ1) is 24.5. The number of hydrogen-bond acceptors (Lipinski definition) is 5. The summed E-state index contributed by atoms with van der Waals surface area (Å²) in [6.07, 6.45) is 0.432. The Morgan fingerprint density at radius 1 is 1.12 bits per heavy atom. The minimum atomic E-state index is -2.20. The maximum atomic E-state index is 12.5. The normalized spacial score (nSPS) is 14.0. The van der Waals surface area contributed by atoms with E-state index in [0.717, 1.165) is 11.1 Å². The third-order valence-electron chi connectivity index (χ3n) is 5.28. The largest absolute Gasteiger partial charge is 0.479 e. The minimum Gasteiger partial charge on any atom is -0.479 e. The van der Waals surface area contributed by atoms with Gasteiger partial charge in [0.1, 0.15) is 0 Å². The Balaban J connectivity index is 1.73. The lowest BCUT2D eigenvalue weighted by Gasteiger charge is -2.27. The Kier molecular flexibility index (Phi) is 7.56. The van der Waals surface area contributed by atoms with E-state index in [-0.39, 0.29) is 17.7 Å². The average Bonchev–Trinajstić information content (AvgIpc) is 3.22. The molecule has 33 heavy (non-hydrogen) atoms. The number of amides is 1. The number of rotatable bonds is 9. The molecule has 1 amide bonds. The van der Waals surface area contributed by atoms with Crippen molar-refractivity contribution in [3.63, 3.8) is 0 Å². The zero-order valence-electron chi connectivity index (χ0n) is 18.7. The Morgan fingerprint density at radius 2 is 1.79 bits per heavy atom. The summed E-state index contributed by atoms with van der Waals surface area (Å²) in [4.78, 5) is 24.5. The predicted molar refractivity (Wildman–Crippen MR) is 125 cm³/mol. The molecular weight excluding hydrogens is 444 g/mol. The van der Waals surface area contributed by atoms with E-state index < -0.39 is 23.5 Å². The zero-order valence-corrected chi connectivity index (χ0v) is 19.5. The second kappa shape index (κ2) is 10.2. The molecule has 1 heterocycles. The lowest BCUT2D eigenvalue weighted by Crippen LogP contribution is -2.43. The molecule has 0 saturated carbocycles. The van der Waals surface area contributed by atoms with Crippen LogP contribution in [0.25, 0.3) is 11.1 Å². The van der Waals surface area contributed by atoms with Crippen LogP contribution in [0.3, 0.4) is 0 Å². The van der Waals surface area contributed by atoms with Crippen molar-refractivity contribution in [2.24, 2.45) is 5.92 Å². The van der Waals surface area contributed by atoms with E-state index >= 15 is 0 Å². The van der Waals surface area contributed by atoms with Gasteiger partial charge >= 0.3 is 5.97 Å². The molecule has 0 radical (unpaired) electrons. The third kappa shape index (κ3) is 5.80. The number of aliphatic carboxylic acids is 1. The Labute approximate surface area is 197 Å². The highest BCUT2D eigenvalue weighted by Crippen LogP contribution is 2.32. The van der Waals surface area contributed by atoms with E-state index in [4.69, 9.17) is 16.1 Å². The number of halogens is 1. The first-order valence-corrected chi connectivity index (χ1v) is 11.1. The maximum Gasteiger partial charge on any atom is 0.340 e. The summed E-state index contributed by atoms with van der Waals surface area (Å²) in [6.45, 7) is 5.68. The zero-order chi connectivity index (χ0) is 24.2. The number of nitrogens with zero attached hydrogens (tertiary/aromatic N) is 1. The SMILES string of the molecule is CC(C)Cc1cc(C(=O)NC(C)CC(O)(C(=O)O)c2ccc(-c3ccccc3Cl)cc2)on1. The van der Waals surface area contributed by atoms with Gasteiger partial charge in [0.05, 0.1) is 5.69 Å². The second-order valence-corrected chi connectivity index (χ2v) is 8.99. The predicted octanol–water partition coefficient (Wildman–Crippen LogP) is 4.67. The van der Waals surface area contributed by atoms with Crippen molar-refractivity contribution in [1.82, 2.24) is 10.5 Å². The second-order valence-electron chi connectivity index (χ2n) is 8.58. The maximum absolute atomic E-state index is 12.5. The van der Waals surface area contributed by atoms with Gasteiger partial charge in [-0.2, -0.15) is 0 Å². The molecule has 3 aromatic rings. The smallest absolute Gasteiger partial charge is 0.340 e. The van der Waals surface area contributed by atoms with Gasteiger partial charge in [0.15, 0.2) is 5.60 Å². The summed E-state index contributed by atoms with van der Waals surface area (Å²) in [6, 6.07) is 14.7. The molecule has 2 atom stereocenters. The number of carboxylic acid groups (broad SMARTS) is 1. The van der Waals surface area contributed by atoms with Crippen LogP contribution in [0.2, 0.25) is 5.02 Å². The molecule has 0 saturated heterocycles. The number of benzene rings is 2. The summed E-state index contributed by atoms with van der Waals surface area (Å²) in [5.41, 5.74) is 0.264. The highest BCUT2D eigenvalue weighted by atomic mass is 35.5. The first-order chi connectivity index (χ1) is 15.6. The van der Waals surface area contributed by atoms with Crippen molar-refractivity contribution in [1.29, 1.82) is 0 Å². The molecule has 0 spiro atoms. The molecule has 8 heteroatoms. The number of carbonyl (C=O) groups is 2. The van der Waals surface area contributed by atoms with Gasteiger partial charge in [-0.15, -0.1) is 0 Å². The fraction of sp³-hybridized carbons (Fsp3) is 0.320. The molecule has 0 aliphatic rings. The highest BCUT2D eigenvalue weighted by Gasteiger charge is 2.40. The number of carbonyl (C=O) groups excluding carboxylic acids is 1. The molecule has 0 bridgehead atoms. The monoisotopic (exact) mass is 470 g/mol. The minimum absolute atomic E-state index is 0.0421. The quantitative estimate of drug-likeness (QED) is 0.418. The third-order valence-corrected chi connectivity index (χ3v) is 5.61. The van der Waals surface area contributed by atoms with Crippen molar-refractivity contribution in [3.8, 4) is 11.1 Å². The van der Waals surface area contributed by atoms with Crippen LogP contribution in [0.1, 0.15) is 49.0 Å². The molecule has 3 N–H and O–H groups in total. The van der Waals surface area contributed by atoms with E-state index in [1.54, 1.807) is 43.3 Å². The van der Waals surface area contributed by atoms with Gasteiger partial charge in [-0.3, -0.25) is 4.79 Å². The molecular formula is C25H27ClN2O5. The van der Waals surface area contributed by atoms with Crippen LogP contribution >= 0.6 is 11.6 Å². The van der Waals surface area contributed by atoms with Gasteiger partial charge in [0, 0.05) is 29.1 Å². The Bertz CT molecular complexity index is 1130. The fourth-order valence-electron chi connectivity index (χ4n) is 3.67. The fourth-order valence-corrected chi connectivity index (χ4v) is 3.92. The van der Waals surface area contributed by atoms with Crippen molar-refractivity contribution in [3.05, 3.63) is 76.6 Å². The van der Waals surface area contributed by atoms with E-state index in [2.05, 4.69) is 10.5 Å². The summed E-state index contributed by atoms with van der Waals surface area (Å²) < 4.78 is 5.10. The lowest BCUT2D eigenvalue weighted by atomic mass is 9.86. The number of aromatic nitrogens is 1. The molecule has 1 aromatic heterocycles. The van der Waals surface area contributed by atoms with Gasteiger partial charge in [-0.05, 0) is 36.5 Å². The molecule has 2 unspecified atom stereocenters. The van der Waals surface area contributed by atoms with E-state index in [0.29, 0.717) is 23.1 Å². The van der Waals surface area contributed by atoms with Crippen LogP contribution in [0.5, 0.6) is 0 Å². The Hall–Kier alpha value is -3.16. The van der Waals surface area contributed by atoms with Gasteiger partial charge in [-0.25, -0.2) is 4.79 Å². The molecule has 0 fully saturated rings. The molecule has 3 rings (SSSR count). The van der Waals surface area contributed by atoms with Crippen LogP contribution in [-0.2, 0) is 16.8 Å². The average molecular weight is 471 g/mol. The van der Waals surface area contributed by atoms with E-state index in [1.165, 1.54) is 0 Å². The lowest BCUT2D eigenvalue weighted by molar-refractivity contribution is -0.161. The standard InChI is InChI=1S/C25H27ClN2O5/c1-15(2)12-19-13-22(33-28-19)23(29)27-16(3)14-25(32,24(30)31)18-10-8-17(9-11-18)20-6-4-5-7-21(20)26/h4-11,13,15-16,32H,12,14H2,1-3H3,(H,27,29)(H,30,31). The summed E-state index contributed by atoms with van der Waals surface area (Å²) in [7, 11) is 0. The summed E-state index contributed by atoms with van der Waals surface area (Å²) in [5.74, 6) is -1.53. The number of aliphatic hydroxyl groups is 1.